The molecule has 162 valence electrons. The molecule has 6 nitrogen and oxygen atoms in total. The van der Waals surface area contributed by atoms with Crippen LogP contribution in [0, 0.1) is 0 Å². The maximum atomic E-state index is 13.2. The molecule has 3 rings (SSSR count). The van der Waals surface area contributed by atoms with E-state index in [1.165, 1.54) is 36.3 Å². The van der Waals surface area contributed by atoms with E-state index >= 15 is 0 Å². The van der Waals surface area contributed by atoms with E-state index in [2.05, 4.69) is 4.72 Å². The number of allylic oxidation sites excluding steroid dienone is 3. The smallest absolute Gasteiger partial charge is 0.416 e. The molecule has 10 heteroatoms. The van der Waals surface area contributed by atoms with Crippen molar-refractivity contribution in [1.29, 1.82) is 0 Å². The van der Waals surface area contributed by atoms with Gasteiger partial charge in [-0.25, -0.2) is 13.1 Å². The van der Waals surface area contributed by atoms with E-state index in [-0.39, 0.29) is 35.3 Å². The first-order valence-corrected chi connectivity index (χ1v) is 10.6. The highest BCUT2D eigenvalue weighted by Gasteiger charge is 2.36. The molecule has 1 aliphatic heterocycles. The van der Waals surface area contributed by atoms with Gasteiger partial charge in [0.2, 0.25) is 10.0 Å². The van der Waals surface area contributed by atoms with Crippen molar-refractivity contribution in [3.8, 4) is 5.75 Å². The van der Waals surface area contributed by atoms with Crippen molar-refractivity contribution >= 4 is 15.9 Å². The minimum Gasteiger partial charge on any atom is -0.490 e. The first-order valence-electron chi connectivity index (χ1n) is 9.16. The van der Waals surface area contributed by atoms with Gasteiger partial charge >= 0.3 is 6.18 Å². The maximum Gasteiger partial charge on any atom is 0.416 e. The molecule has 0 spiro atoms. The van der Waals surface area contributed by atoms with Crippen LogP contribution in [0.15, 0.2) is 58.2 Å². The van der Waals surface area contributed by atoms with Gasteiger partial charge < -0.3 is 9.64 Å². The molecule has 0 radical (unpaired) electrons. The van der Waals surface area contributed by atoms with Gasteiger partial charge in [-0.05, 0) is 62.7 Å². The highest BCUT2D eigenvalue weighted by molar-refractivity contribution is 7.89. The minimum absolute atomic E-state index is 0.0140. The Bertz CT molecular complexity index is 1070. The van der Waals surface area contributed by atoms with Crippen molar-refractivity contribution in [3.63, 3.8) is 0 Å². The molecular weight excluding hydrogens is 421 g/mol. The van der Waals surface area contributed by atoms with Crippen LogP contribution in [0.25, 0.3) is 0 Å². The second kappa shape index (κ2) is 7.92. The van der Waals surface area contributed by atoms with Crippen LogP contribution in [0.5, 0.6) is 5.75 Å². The predicted molar refractivity (Wildman–Crippen MR) is 104 cm³/mol. The van der Waals surface area contributed by atoms with Crippen molar-refractivity contribution < 1.29 is 31.1 Å². The number of alkyl halides is 3. The average molecular weight is 442 g/mol. The van der Waals surface area contributed by atoms with E-state index in [9.17, 15) is 26.4 Å². The summed E-state index contributed by atoms with van der Waals surface area (Å²) >= 11 is 0. The Labute approximate surface area is 172 Å². The molecule has 0 bridgehead atoms. The summed E-state index contributed by atoms with van der Waals surface area (Å²) in [5, 5.41) is 0. The minimum atomic E-state index is -4.45. The van der Waals surface area contributed by atoms with Crippen molar-refractivity contribution in [1.82, 2.24) is 9.62 Å². The van der Waals surface area contributed by atoms with Crippen LogP contribution in [0.3, 0.4) is 0 Å². The highest BCUT2D eigenvalue weighted by Crippen LogP contribution is 2.37. The molecule has 0 saturated carbocycles. The molecule has 1 aromatic rings. The molecule has 30 heavy (non-hydrogen) atoms. The summed E-state index contributed by atoms with van der Waals surface area (Å²) in [5.41, 5.74) is 0.292. The largest absolute Gasteiger partial charge is 0.490 e. The number of nitrogens with one attached hydrogen (secondary N) is 1. The van der Waals surface area contributed by atoms with Gasteiger partial charge in [0.15, 0.2) is 0 Å². The lowest BCUT2D eigenvalue weighted by molar-refractivity contribution is -0.0885. The molecular formula is C20H21F3N2O4S. The normalized spacial score (nSPS) is 16.8. The Hall–Kier alpha value is -2.59. The number of halogens is 3. The molecule has 0 unspecified atom stereocenters. The predicted octanol–water partition coefficient (Wildman–Crippen LogP) is 3.54. The lowest BCUT2D eigenvalue weighted by atomic mass is 9.96. The quantitative estimate of drug-likeness (QED) is 0.757. The topological polar surface area (TPSA) is 75.7 Å². The summed E-state index contributed by atoms with van der Waals surface area (Å²) in [6.07, 6.45) is -1.05. The number of benzene rings is 1. The van der Waals surface area contributed by atoms with Gasteiger partial charge in [-0.3, -0.25) is 4.79 Å². The Morgan fingerprint density at radius 1 is 1.23 bits per heavy atom. The molecule has 1 aliphatic carbocycles. The molecule has 1 heterocycles. The van der Waals surface area contributed by atoms with Crippen molar-refractivity contribution in [2.75, 3.05) is 13.6 Å². The van der Waals surface area contributed by atoms with Crippen LogP contribution in [0.1, 0.15) is 30.6 Å². The number of hydrogen-bond acceptors (Lipinski definition) is 4. The van der Waals surface area contributed by atoms with Crippen LogP contribution >= 0.6 is 0 Å². The third kappa shape index (κ3) is 4.44. The van der Waals surface area contributed by atoms with E-state index < -0.39 is 27.7 Å². The van der Waals surface area contributed by atoms with Crippen LogP contribution in [0.4, 0.5) is 13.2 Å². The number of nitrogens with zero attached hydrogens (tertiary/aromatic N) is 1. The van der Waals surface area contributed by atoms with Gasteiger partial charge in [-0.15, -0.1) is 0 Å². The molecule has 0 aromatic heterocycles. The number of fused-ring (bicyclic) bond motifs is 1. The lowest BCUT2D eigenvalue weighted by Gasteiger charge is -2.19. The maximum absolute atomic E-state index is 13.2. The summed E-state index contributed by atoms with van der Waals surface area (Å²) in [5.74, 6) is -0.364. The van der Waals surface area contributed by atoms with Crippen LogP contribution < -0.4 is 9.46 Å². The zero-order chi connectivity index (χ0) is 22.3. The molecule has 0 atom stereocenters. The lowest BCUT2D eigenvalue weighted by Crippen LogP contribution is -2.26. The van der Waals surface area contributed by atoms with E-state index in [0.29, 0.717) is 11.1 Å². The summed E-state index contributed by atoms with van der Waals surface area (Å²) < 4.78 is 71.1. The summed E-state index contributed by atoms with van der Waals surface area (Å²) in [6, 6.07) is 3.93. The summed E-state index contributed by atoms with van der Waals surface area (Å²) in [6.45, 7) is 3.48. The van der Waals surface area contributed by atoms with E-state index in [4.69, 9.17) is 4.74 Å². The van der Waals surface area contributed by atoms with E-state index in [0.717, 1.165) is 12.2 Å². The van der Waals surface area contributed by atoms with Crippen LogP contribution in [-0.2, 0) is 10.0 Å². The zero-order valence-corrected chi connectivity index (χ0v) is 17.4. The average Bonchev–Trinajstić information content (AvgIpc) is 3.09. The number of carbonyl (C=O) groups is 1. The second-order valence-corrected chi connectivity index (χ2v) is 9.04. The number of carbonyl (C=O) groups excluding carboxylic acids is 1. The fourth-order valence-corrected chi connectivity index (χ4v) is 3.95. The first kappa shape index (κ1) is 22.1. The van der Waals surface area contributed by atoms with E-state index in [1.54, 1.807) is 13.8 Å². The van der Waals surface area contributed by atoms with Gasteiger partial charge in [0.05, 0.1) is 28.7 Å². The molecule has 0 fully saturated rings. The number of sulfonamides is 1. The van der Waals surface area contributed by atoms with Gasteiger partial charge in [0.25, 0.3) is 5.91 Å². The fraction of sp³-hybridized carbons (Fsp3) is 0.350. The molecule has 1 N–H and O–H groups in total. The van der Waals surface area contributed by atoms with Gasteiger partial charge in [0, 0.05) is 6.20 Å². The number of rotatable bonds is 5. The van der Waals surface area contributed by atoms with E-state index in [1.807, 2.05) is 0 Å². The molecule has 1 amide bonds. The standard InChI is InChI=1S/C20H21F3N2O4S/c1-12(2)29-18-7-6-16(30(27,28)24-3)9-17(18)19(26)25-10-13-4-5-15(20(21,22)23)8-14(13)11-25/h5-10,12,24H,4,11H2,1-3H3. The summed E-state index contributed by atoms with van der Waals surface area (Å²) in [4.78, 5) is 14.3. The third-order valence-corrected chi connectivity index (χ3v) is 6.06. The van der Waals surface area contributed by atoms with Crippen molar-refractivity contribution in [2.45, 2.75) is 37.4 Å². The number of amides is 1. The third-order valence-electron chi connectivity index (χ3n) is 4.65. The molecule has 1 aromatic carbocycles. The zero-order valence-electron chi connectivity index (χ0n) is 16.6. The van der Waals surface area contributed by atoms with Crippen molar-refractivity contribution in [2.24, 2.45) is 0 Å². The first-order chi connectivity index (χ1) is 13.9. The highest BCUT2D eigenvalue weighted by atomic mass is 32.2. The number of hydrogen-bond donors (Lipinski definition) is 1. The molecule has 2 aliphatic rings. The van der Waals surface area contributed by atoms with Gasteiger partial charge in [0.1, 0.15) is 5.75 Å². The second-order valence-electron chi connectivity index (χ2n) is 7.15. The van der Waals surface area contributed by atoms with Crippen LogP contribution in [0.2, 0.25) is 0 Å². The SMILES string of the molecule is CNS(=O)(=O)c1ccc(OC(C)C)c(C(=O)N2C=C3CC=C(C(F)(F)F)C=C3C2)c1. The van der Waals surface area contributed by atoms with Gasteiger partial charge in [-0.2, -0.15) is 13.2 Å². The van der Waals surface area contributed by atoms with Crippen LogP contribution in [-0.4, -0.2) is 45.1 Å². The van der Waals surface area contributed by atoms with Crippen molar-refractivity contribution in [3.05, 3.63) is 58.8 Å². The van der Waals surface area contributed by atoms with Gasteiger partial charge in [-0.1, -0.05) is 6.08 Å². The monoisotopic (exact) mass is 442 g/mol. The Morgan fingerprint density at radius 3 is 2.53 bits per heavy atom. The fourth-order valence-electron chi connectivity index (χ4n) is 3.19. The Morgan fingerprint density at radius 2 is 1.93 bits per heavy atom. The summed E-state index contributed by atoms with van der Waals surface area (Å²) in [7, 11) is -2.55. The Kier molecular flexibility index (Phi) is 5.83. The Balaban J connectivity index is 1.95. The molecule has 0 saturated heterocycles. The number of ether oxygens (including phenoxy) is 1.